The van der Waals surface area contributed by atoms with E-state index in [0.29, 0.717) is 17.9 Å². The molecule has 1 heterocycles. The van der Waals surface area contributed by atoms with E-state index in [2.05, 4.69) is 44.9 Å². The van der Waals surface area contributed by atoms with Gasteiger partial charge in [-0.25, -0.2) is 8.78 Å². The number of rotatable bonds is 9. The van der Waals surface area contributed by atoms with E-state index >= 15 is 0 Å². The first-order valence-electron chi connectivity index (χ1n) is 11.7. The molecule has 0 radical (unpaired) electrons. The molecule has 0 fully saturated rings. The molecule has 2 aromatic carbocycles. The van der Waals surface area contributed by atoms with Gasteiger partial charge in [0, 0.05) is 18.0 Å². The summed E-state index contributed by atoms with van der Waals surface area (Å²) in [5.41, 5.74) is 2.44. The molecular weight excluding hydrogens is 448 g/mol. The lowest BCUT2D eigenvalue weighted by molar-refractivity contribution is 0.108. The maximum atomic E-state index is 13.9. The van der Waals surface area contributed by atoms with Crippen molar-refractivity contribution < 1.29 is 17.9 Å². The summed E-state index contributed by atoms with van der Waals surface area (Å²) in [7, 11) is -1.98. The fourth-order valence-electron chi connectivity index (χ4n) is 3.39. The van der Waals surface area contributed by atoms with Gasteiger partial charge in [0.1, 0.15) is 24.0 Å². The minimum atomic E-state index is -1.98. The lowest BCUT2D eigenvalue weighted by Gasteiger charge is -2.39. The van der Waals surface area contributed by atoms with Gasteiger partial charge in [-0.2, -0.15) is 0 Å². The van der Waals surface area contributed by atoms with Crippen molar-refractivity contribution >= 4 is 8.32 Å². The van der Waals surface area contributed by atoms with Crippen molar-refractivity contribution in [3.05, 3.63) is 83.7 Å². The van der Waals surface area contributed by atoms with Crippen LogP contribution in [0.15, 0.2) is 60.9 Å². The second-order valence-corrected chi connectivity index (χ2v) is 15.1. The van der Waals surface area contributed by atoms with E-state index in [-0.39, 0.29) is 16.7 Å². The minimum Gasteiger partial charge on any atom is -0.491 e. The first-order chi connectivity index (χ1) is 16.0. The molecule has 0 saturated carbocycles. The van der Waals surface area contributed by atoms with Gasteiger partial charge >= 0.3 is 0 Å². The number of halogens is 2. The van der Waals surface area contributed by atoms with Crippen molar-refractivity contribution in [2.24, 2.45) is 0 Å². The molecule has 182 valence electrons. The average Bonchev–Trinajstić information content (AvgIpc) is 2.79. The van der Waals surface area contributed by atoms with Crippen molar-refractivity contribution in [3.8, 4) is 16.9 Å². The third kappa shape index (κ3) is 6.73. The zero-order valence-corrected chi connectivity index (χ0v) is 22.0. The van der Waals surface area contributed by atoms with Crippen molar-refractivity contribution in [3.63, 3.8) is 0 Å². The molecular formula is C28H35F2NO2Si. The monoisotopic (exact) mass is 483 g/mol. The molecule has 3 aromatic rings. The average molecular weight is 484 g/mol. The quantitative estimate of drug-likeness (QED) is 0.292. The zero-order chi connectivity index (χ0) is 24.9. The molecule has 1 aromatic heterocycles. The first kappa shape index (κ1) is 26.0. The molecule has 1 unspecified atom stereocenters. The van der Waals surface area contributed by atoms with Gasteiger partial charge in [-0.3, -0.25) is 4.98 Å². The largest absolute Gasteiger partial charge is 0.491 e. The summed E-state index contributed by atoms with van der Waals surface area (Å²) in [5.74, 6) is -0.397. The Kier molecular flexibility index (Phi) is 8.26. The van der Waals surface area contributed by atoms with Gasteiger partial charge in [-0.1, -0.05) is 39.0 Å². The highest BCUT2D eigenvalue weighted by molar-refractivity contribution is 6.74. The number of ether oxygens (including phenoxy) is 1. The second kappa shape index (κ2) is 10.8. The van der Waals surface area contributed by atoms with Crippen molar-refractivity contribution in [2.45, 2.75) is 64.8 Å². The highest BCUT2D eigenvalue weighted by atomic mass is 28.4. The van der Waals surface area contributed by atoms with E-state index in [1.165, 1.54) is 24.6 Å². The van der Waals surface area contributed by atoms with Crippen LogP contribution >= 0.6 is 0 Å². The Balaban J connectivity index is 1.69. The number of hydrogen-bond donors (Lipinski definition) is 0. The van der Waals surface area contributed by atoms with Gasteiger partial charge in [0.15, 0.2) is 8.32 Å². The maximum Gasteiger partial charge on any atom is 0.192 e. The summed E-state index contributed by atoms with van der Waals surface area (Å²) in [4.78, 5) is 4.21. The molecule has 0 saturated heterocycles. The first-order valence-corrected chi connectivity index (χ1v) is 14.6. The Morgan fingerprint density at radius 1 is 0.971 bits per heavy atom. The Bertz CT molecular complexity index is 1060. The van der Waals surface area contributed by atoms with Gasteiger partial charge in [0.25, 0.3) is 0 Å². The molecule has 0 bridgehead atoms. The Hall–Kier alpha value is -2.57. The molecule has 0 aliphatic heterocycles. The summed E-state index contributed by atoms with van der Waals surface area (Å²) in [5, 5.41) is 0.0970. The predicted octanol–water partition coefficient (Wildman–Crippen LogP) is 7.74. The lowest BCUT2D eigenvalue weighted by atomic mass is 10.0. The van der Waals surface area contributed by atoms with Gasteiger partial charge in [0.2, 0.25) is 0 Å². The molecule has 0 aliphatic carbocycles. The van der Waals surface area contributed by atoms with E-state index < -0.39 is 20.0 Å². The number of aromatic nitrogens is 1. The molecule has 0 aliphatic rings. The van der Waals surface area contributed by atoms with Crippen LogP contribution in [0.25, 0.3) is 11.1 Å². The van der Waals surface area contributed by atoms with Gasteiger partial charge < -0.3 is 9.16 Å². The van der Waals surface area contributed by atoms with Crippen LogP contribution in [-0.2, 0) is 10.8 Å². The second-order valence-electron chi connectivity index (χ2n) is 10.3. The molecule has 1 atom stereocenters. The number of nitrogens with zero attached hydrogens (tertiary/aromatic N) is 1. The normalized spacial score (nSPS) is 13.1. The zero-order valence-electron chi connectivity index (χ0n) is 21.0. The van der Waals surface area contributed by atoms with Crippen molar-refractivity contribution in [2.75, 3.05) is 6.61 Å². The van der Waals surface area contributed by atoms with E-state index in [1.807, 2.05) is 36.5 Å². The summed E-state index contributed by atoms with van der Waals surface area (Å²) < 4.78 is 40.7. The standard InChI is InChI=1S/C28H35F2NO2Si/c1-20-26(29)16-23(17-27(20)30)22-10-13-24(14-11-22)32-19-25(33-34(5,6)28(2,3)4)12-9-21-8-7-15-31-18-21/h7-8,10-11,13-18,25H,9,12,19H2,1-6H3. The topological polar surface area (TPSA) is 31.4 Å². The molecule has 3 rings (SSSR count). The third-order valence-corrected chi connectivity index (χ3v) is 11.2. The van der Waals surface area contributed by atoms with Crippen LogP contribution in [0.1, 0.15) is 38.3 Å². The lowest BCUT2D eigenvalue weighted by Crippen LogP contribution is -2.45. The Labute approximate surface area is 203 Å². The molecule has 34 heavy (non-hydrogen) atoms. The van der Waals surface area contributed by atoms with Crippen LogP contribution in [0.3, 0.4) is 0 Å². The molecule has 3 nitrogen and oxygen atoms in total. The summed E-state index contributed by atoms with van der Waals surface area (Å²) >= 11 is 0. The molecule has 0 N–H and O–H groups in total. The van der Waals surface area contributed by atoms with Gasteiger partial charge in [0.05, 0.1) is 6.10 Å². The van der Waals surface area contributed by atoms with Crippen LogP contribution in [0.2, 0.25) is 18.1 Å². The number of aryl methyl sites for hydroxylation is 1. The number of pyridine rings is 1. The molecule has 6 heteroatoms. The highest BCUT2D eigenvalue weighted by Gasteiger charge is 2.39. The fraction of sp³-hybridized carbons (Fsp3) is 0.393. The number of benzene rings is 2. The van der Waals surface area contributed by atoms with Crippen molar-refractivity contribution in [1.29, 1.82) is 0 Å². The van der Waals surface area contributed by atoms with Crippen LogP contribution in [0.5, 0.6) is 5.75 Å². The SMILES string of the molecule is Cc1c(F)cc(-c2ccc(OCC(CCc3cccnc3)O[Si](C)(C)C(C)(C)C)cc2)cc1F. The van der Waals surface area contributed by atoms with Gasteiger partial charge in [-0.05, 0) is 84.9 Å². The van der Waals surface area contributed by atoms with Crippen LogP contribution in [0.4, 0.5) is 8.78 Å². The van der Waals surface area contributed by atoms with Crippen LogP contribution in [0, 0.1) is 18.6 Å². The Morgan fingerprint density at radius 3 is 2.18 bits per heavy atom. The van der Waals surface area contributed by atoms with E-state index in [4.69, 9.17) is 9.16 Å². The van der Waals surface area contributed by atoms with Crippen LogP contribution < -0.4 is 4.74 Å². The Morgan fingerprint density at radius 2 is 1.62 bits per heavy atom. The van der Waals surface area contributed by atoms with Gasteiger partial charge in [-0.15, -0.1) is 0 Å². The highest BCUT2D eigenvalue weighted by Crippen LogP contribution is 2.38. The summed E-state index contributed by atoms with van der Waals surface area (Å²) in [6, 6.07) is 14.0. The third-order valence-electron chi connectivity index (χ3n) is 6.65. The smallest absolute Gasteiger partial charge is 0.192 e. The maximum absolute atomic E-state index is 13.9. The predicted molar refractivity (Wildman–Crippen MR) is 137 cm³/mol. The van der Waals surface area contributed by atoms with E-state index in [1.54, 1.807) is 6.20 Å². The summed E-state index contributed by atoms with van der Waals surface area (Å²) in [6.45, 7) is 13.1. The minimum absolute atomic E-state index is 0.0303. The van der Waals surface area contributed by atoms with Crippen LogP contribution in [-0.4, -0.2) is 26.0 Å². The fourth-order valence-corrected chi connectivity index (χ4v) is 4.76. The van der Waals surface area contributed by atoms with E-state index in [9.17, 15) is 8.78 Å². The summed E-state index contributed by atoms with van der Waals surface area (Å²) in [6.07, 6.45) is 5.30. The molecule has 0 amide bonds. The van der Waals surface area contributed by atoms with E-state index in [0.717, 1.165) is 18.4 Å². The number of hydrogen-bond acceptors (Lipinski definition) is 3. The molecule has 0 spiro atoms. The van der Waals surface area contributed by atoms with Crippen molar-refractivity contribution in [1.82, 2.24) is 4.98 Å².